The molecule has 0 radical (unpaired) electrons. The van der Waals surface area contributed by atoms with Crippen molar-refractivity contribution in [2.75, 3.05) is 26.2 Å². The minimum absolute atomic E-state index is 0.313. The summed E-state index contributed by atoms with van der Waals surface area (Å²) < 4.78 is 0. The highest BCUT2D eigenvalue weighted by Gasteiger charge is 2.37. The molecule has 4 rings (SSSR count). The molecule has 0 amide bonds. The van der Waals surface area contributed by atoms with E-state index in [4.69, 9.17) is 5.11 Å². The Morgan fingerprint density at radius 1 is 1.04 bits per heavy atom. The number of carboxylic acids is 1. The van der Waals surface area contributed by atoms with Crippen molar-refractivity contribution in [2.45, 2.75) is 57.0 Å². The standard InChI is InChI=1S/C21H30N2O2/c24-21(25)8-7-18-15-23(12-9-20(18)22-10-3-4-11-22)19-13-16-5-1-2-6-17(16)14-19/h1-2,5-6,18-20H,3-4,7-15H2,(H,24,25)/t18-,20+/m0/s1. The third-order valence-electron chi connectivity index (χ3n) is 6.61. The average molecular weight is 342 g/mol. The van der Waals surface area contributed by atoms with Crippen LogP contribution < -0.4 is 0 Å². The molecule has 0 unspecified atom stereocenters. The molecule has 0 aromatic heterocycles. The number of benzene rings is 1. The second kappa shape index (κ2) is 7.46. The topological polar surface area (TPSA) is 43.8 Å². The molecule has 2 saturated heterocycles. The van der Waals surface area contributed by atoms with Crippen LogP contribution in [0.4, 0.5) is 0 Å². The van der Waals surface area contributed by atoms with Gasteiger partial charge in [0.1, 0.15) is 0 Å². The van der Waals surface area contributed by atoms with Crippen molar-refractivity contribution < 1.29 is 9.90 Å². The summed E-state index contributed by atoms with van der Waals surface area (Å²) in [6.45, 7) is 4.67. The van der Waals surface area contributed by atoms with Gasteiger partial charge in [0, 0.05) is 25.0 Å². The van der Waals surface area contributed by atoms with Gasteiger partial charge < -0.3 is 10.0 Å². The number of piperidine rings is 1. The van der Waals surface area contributed by atoms with Gasteiger partial charge in [-0.15, -0.1) is 0 Å². The predicted molar refractivity (Wildman–Crippen MR) is 98.8 cm³/mol. The van der Waals surface area contributed by atoms with E-state index < -0.39 is 5.97 Å². The molecule has 1 aromatic rings. The fourth-order valence-corrected chi connectivity index (χ4v) is 5.32. The normalized spacial score (nSPS) is 28.3. The zero-order chi connectivity index (χ0) is 17.2. The number of hydrogen-bond donors (Lipinski definition) is 1. The molecule has 2 fully saturated rings. The van der Waals surface area contributed by atoms with E-state index in [1.54, 1.807) is 0 Å². The molecule has 1 aromatic carbocycles. The summed E-state index contributed by atoms with van der Waals surface area (Å²) in [5.74, 6) is -0.141. The maximum absolute atomic E-state index is 11.1. The lowest BCUT2D eigenvalue weighted by Gasteiger charge is -2.45. The molecule has 136 valence electrons. The Balaban J connectivity index is 1.42. The van der Waals surface area contributed by atoms with Crippen molar-refractivity contribution in [3.8, 4) is 0 Å². The summed E-state index contributed by atoms with van der Waals surface area (Å²) >= 11 is 0. The molecule has 0 bridgehead atoms. The smallest absolute Gasteiger partial charge is 0.303 e. The van der Waals surface area contributed by atoms with Crippen molar-refractivity contribution in [1.29, 1.82) is 0 Å². The number of carboxylic acid groups (broad SMARTS) is 1. The minimum atomic E-state index is -0.648. The van der Waals surface area contributed by atoms with Crippen molar-refractivity contribution in [3.05, 3.63) is 35.4 Å². The van der Waals surface area contributed by atoms with Gasteiger partial charge in [-0.25, -0.2) is 0 Å². The van der Waals surface area contributed by atoms with Gasteiger partial charge in [0.05, 0.1) is 0 Å². The van der Waals surface area contributed by atoms with Crippen LogP contribution in [0, 0.1) is 5.92 Å². The third-order valence-corrected chi connectivity index (χ3v) is 6.61. The van der Waals surface area contributed by atoms with Gasteiger partial charge in [-0.2, -0.15) is 0 Å². The van der Waals surface area contributed by atoms with Crippen LogP contribution in [-0.2, 0) is 17.6 Å². The fourth-order valence-electron chi connectivity index (χ4n) is 5.32. The SMILES string of the molecule is O=C(O)CC[C@H]1CN(C2Cc3ccccc3C2)CC[C@H]1N1CCCC1. The zero-order valence-electron chi connectivity index (χ0n) is 15.1. The number of nitrogens with zero attached hydrogens (tertiary/aromatic N) is 2. The molecule has 1 aliphatic carbocycles. The lowest BCUT2D eigenvalue weighted by molar-refractivity contribution is -0.137. The molecule has 2 atom stereocenters. The highest BCUT2D eigenvalue weighted by Crippen LogP contribution is 2.33. The van der Waals surface area contributed by atoms with Gasteiger partial charge in [0.25, 0.3) is 0 Å². The summed E-state index contributed by atoms with van der Waals surface area (Å²) in [7, 11) is 0. The van der Waals surface area contributed by atoms with Gasteiger partial charge in [-0.1, -0.05) is 24.3 Å². The molecule has 0 saturated carbocycles. The highest BCUT2D eigenvalue weighted by molar-refractivity contribution is 5.66. The van der Waals surface area contributed by atoms with Gasteiger partial charge >= 0.3 is 5.97 Å². The van der Waals surface area contributed by atoms with Gasteiger partial charge in [-0.05, 0) is 75.2 Å². The molecule has 0 spiro atoms. The van der Waals surface area contributed by atoms with E-state index in [1.165, 1.54) is 50.0 Å². The van der Waals surface area contributed by atoms with Crippen LogP contribution in [0.25, 0.3) is 0 Å². The Labute approximate surface area is 150 Å². The van der Waals surface area contributed by atoms with Crippen molar-refractivity contribution >= 4 is 5.97 Å². The molecule has 2 aliphatic heterocycles. The second-order valence-electron chi connectivity index (χ2n) is 8.12. The van der Waals surface area contributed by atoms with E-state index >= 15 is 0 Å². The quantitative estimate of drug-likeness (QED) is 0.894. The molecule has 4 heteroatoms. The highest BCUT2D eigenvalue weighted by atomic mass is 16.4. The van der Waals surface area contributed by atoms with Gasteiger partial charge in [-0.3, -0.25) is 9.69 Å². The first-order valence-electron chi connectivity index (χ1n) is 9.97. The Hall–Kier alpha value is -1.39. The Bertz CT molecular complexity index is 587. The van der Waals surface area contributed by atoms with Crippen molar-refractivity contribution in [1.82, 2.24) is 9.80 Å². The first-order chi connectivity index (χ1) is 12.2. The molecule has 4 nitrogen and oxygen atoms in total. The lowest BCUT2D eigenvalue weighted by atomic mass is 9.86. The summed E-state index contributed by atoms with van der Waals surface area (Å²) in [5, 5.41) is 9.16. The first kappa shape index (κ1) is 17.0. The van der Waals surface area contributed by atoms with Crippen molar-refractivity contribution in [3.63, 3.8) is 0 Å². The van der Waals surface area contributed by atoms with Crippen LogP contribution >= 0.6 is 0 Å². The minimum Gasteiger partial charge on any atom is -0.481 e. The maximum atomic E-state index is 11.1. The van der Waals surface area contributed by atoms with Crippen LogP contribution in [0.1, 0.15) is 43.2 Å². The third kappa shape index (κ3) is 3.75. The molecule has 25 heavy (non-hydrogen) atoms. The second-order valence-corrected chi connectivity index (χ2v) is 8.12. The lowest BCUT2D eigenvalue weighted by Crippen LogP contribution is -2.53. The van der Waals surface area contributed by atoms with Crippen LogP contribution in [0.2, 0.25) is 0 Å². The number of hydrogen-bond acceptors (Lipinski definition) is 3. The molecule has 3 aliphatic rings. The largest absolute Gasteiger partial charge is 0.481 e. The number of rotatable bonds is 5. The molecular weight excluding hydrogens is 312 g/mol. The van der Waals surface area contributed by atoms with E-state index in [0.29, 0.717) is 24.4 Å². The Kier molecular flexibility index (Phi) is 5.09. The van der Waals surface area contributed by atoms with Crippen LogP contribution in [0.5, 0.6) is 0 Å². The summed E-state index contributed by atoms with van der Waals surface area (Å²) in [6, 6.07) is 10.1. The van der Waals surface area contributed by atoms with Gasteiger partial charge in [0.2, 0.25) is 0 Å². The van der Waals surface area contributed by atoms with Crippen LogP contribution in [-0.4, -0.2) is 59.1 Å². The van der Waals surface area contributed by atoms with Crippen LogP contribution in [0.15, 0.2) is 24.3 Å². The van der Waals surface area contributed by atoms with Crippen LogP contribution in [0.3, 0.4) is 0 Å². The molecule has 2 heterocycles. The van der Waals surface area contributed by atoms with E-state index in [9.17, 15) is 4.79 Å². The first-order valence-corrected chi connectivity index (χ1v) is 9.97. The molecule has 1 N–H and O–H groups in total. The van der Waals surface area contributed by atoms with E-state index in [1.807, 2.05) is 0 Å². The zero-order valence-corrected chi connectivity index (χ0v) is 15.1. The van der Waals surface area contributed by atoms with Gasteiger partial charge in [0.15, 0.2) is 0 Å². The average Bonchev–Trinajstić information content (AvgIpc) is 3.29. The maximum Gasteiger partial charge on any atom is 0.303 e. The van der Waals surface area contributed by atoms with E-state index in [0.717, 1.165) is 25.8 Å². The molecular formula is C21H30N2O2. The van der Waals surface area contributed by atoms with E-state index in [2.05, 4.69) is 34.1 Å². The van der Waals surface area contributed by atoms with Crippen molar-refractivity contribution in [2.24, 2.45) is 5.92 Å². The Morgan fingerprint density at radius 3 is 2.36 bits per heavy atom. The Morgan fingerprint density at radius 2 is 1.72 bits per heavy atom. The summed E-state index contributed by atoms with van der Waals surface area (Å²) in [5.41, 5.74) is 3.02. The fraction of sp³-hybridized carbons (Fsp3) is 0.667. The number of aliphatic carboxylic acids is 1. The predicted octanol–water partition coefficient (Wildman–Crippen LogP) is 2.80. The monoisotopic (exact) mass is 342 g/mol. The summed E-state index contributed by atoms with van der Waals surface area (Å²) in [4.78, 5) is 16.4. The number of fused-ring (bicyclic) bond motifs is 1. The number of carbonyl (C=O) groups is 1. The number of likely N-dealkylation sites (tertiary alicyclic amines) is 2. The summed E-state index contributed by atoms with van der Waals surface area (Å²) in [6.07, 6.45) is 7.29. The van der Waals surface area contributed by atoms with E-state index in [-0.39, 0.29) is 0 Å².